The number of aromatic hydroxyl groups is 1. The largest absolute Gasteiger partial charge is 0.506 e. The number of hydrogen-bond acceptors (Lipinski definition) is 6. The number of pyridine rings is 1. The minimum absolute atomic E-state index is 0.00260. The van der Waals surface area contributed by atoms with E-state index in [9.17, 15) is 9.90 Å². The van der Waals surface area contributed by atoms with Crippen LogP contribution in [0.15, 0.2) is 57.8 Å². The number of fused-ring (bicyclic) bond motifs is 1. The summed E-state index contributed by atoms with van der Waals surface area (Å²) < 4.78 is 12.1. The standard InChI is InChI=1S/C20H17N3O4/c1-3-23-15-10-5-4-9-14(15)17(24)16(20(23)25)19-21-18(22-27-19)12-7-6-8-13(11-12)26-2/h4-11,24H,3H2,1-2H3. The van der Waals surface area contributed by atoms with Gasteiger partial charge < -0.3 is 18.9 Å². The summed E-state index contributed by atoms with van der Waals surface area (Å²) >= 11 is 0. The molecule has 0 aliphatic rings. The molecule has 0 fully saturated rings. The minimum Gasteiger partial charge on any atom is -0.506 e. The van der Waals surface area contributed by atoms with Crippen molar-refractivity contribution in [1.82, 2.24) is 14.7 Å². The van der Waals surface area contributed by atoms with Crippen molar-refractivity contribution in [2.24, 2.45) is 0 Å². The van der Waals surface area contributed by atoms with Gasteiger partial charge in [-0.1, -0.05) is 29.4 Å². The first-order valence-electron chi connectivity index (χ1n) is 8.47. The number of rotatable bonds is 4. The predicted molar refractivity (Wildman–Crippen MR) is 101 cm³/mol. The molecule has 1 N–H and O–H groups in total. The van der Waals surface area contributed by atoms with E-state index in [-0.39, 0.29) is 22.8 Å². The van der Waals surface area contributed by atoms with Crippen molar-refractivity contribution in [3.8, 4) is 34.3 Å². The quantitative estimate of drug-likeness (QED) is 0.597. The minimum atomic E-state index is -0.380. The number of nitrogens with zero attached hydrogens (tertiary/aromatic N) is 3. The van der Waals surface area contributed by atoms with Gasteiger partial charge in [-0.05, 0) is 31.2 Å². The average Bonchev–Trinajstić information content (AvgIpc) is 3.18. The van der Waals surface area contributed by atoms with Crippen molar-refractivity contribution in [1.29, 1.82) is 0 Å². The Kier molecular flexibility index (Phi) is 4.12. The Hall–Kier alpha value is -3.61. The second-order valence-electron chi connectivity index (χ2n) is 5.95. The summed E-state index contributed by atoms with van der Waals surface area (Å²) in [5.74, 6) is 0.768. The van der Waals surface area contributed by atoms with Gasteiger partial charge in [-0.15, -0.1) is 0 Å². The summed E-state index contributed by atoms with van der Waals surface area (Å²) in [7, 11) is 1.57. The molecule has 0 spiro atoms. The van der Waals surface area contributed by atoms with Crippen LogP contribution in [0.2, 0.25) is 0 Å². The Labute approximate surface area is 154 Å². The number of hydrogen-bond donors (Lipinski definition) is 1. The summed E-state index contributed by atoms with van der Waals surface area (Å²) in [4.78, 5) is 17.3. The van der Waals surface area contributed by atoms with E-state index in [1.807, 2.05) is 25.1 Å². The number of aryl methyl sites for hydroxylation is 1. The number of benzene rings is 2. The van der Waals surface area contributed by atoms with Gasteiger partial charge in [0.25, 0.3) is 11.4 Å². The summed E-state index contributed by atoms with van der Waals surface area (Å²) in [6.45, 7) is 2.31. The van der Waals surface area contributed by atoms with Gasteiger partial charge in [0.1, 0.15) is 17.1 Å². The zero-order valence-electron chi connectivity index (χ0n) is 14.8. The SMILES string of the molecule is CCn1c(=O)c(-c2nc(-c3cccc(OC)c3)no2)c(O)c2ccccc21. The molecular weight excluding hydrogens is 346 g/mol. The second-order valence-corrected chi connectivity index (χ2v) is 5.95. The van der Waals surface area contributed by atoms with Crippen LogP contribution in [0.4, 0.5) is 0 Å². The Morgan fingerprint density at radius 1 is 1.19 bits per heavy atom. The maximum Gasteiger partial charge on any atom is 0.267 e. The average molecular weight is 363 g/mol. The third-order valence-corrected chi connectivity index (χ3v) is 4.43. The molecule has 136 valence electrons. The van der Waals surface area contributed by atoms with Crippen LogP contribution in [0.3, 0.4) is 0 Å². The smallest absolute Gasteiger partial charge is 0.267 e. The molecule has 0 saturated carbocycles. The Bertz CT molecular complexity index is 1190. The zero-order valence-corrected chi connectivity index (χ0v) is 14.8. The van der Waals surface area contributed by atoms with Crippen molar-refractivity contribution in [2.75, 3.05) is 7.11 Å². The molecule has 27 heavy (non-hydrogen) atoms. The van der Waals surface area contributed by atoms with Gasteiger partial charge in [-0.3, -0.25) is 4.79 Å². The van der Waals surface area contributed by atoms with E-state index in [0.717, 1.165) is 0 Å². The summed E-state index contributed by atoms with van der Waals surface area (Å²) in [5, 5.41) is 15.2. The summed E-state index contributed by atoms with van der Waals surface area (Å²) in [6, 6.07) is 14.3. The maximum absolute atomic E-state index is 12.9. The lowest BCUT2D eigenvalue weighted by Crippen LogP contribution is -2.21. The van der Waals surface area contributed by atoms with Gasteiger partial charge in [-0.2, -0.15) is 4.98 Å². The molecule has 0 unspecified atom stereocenters. The fourth-order valence-corrected chi connectivity index (χ4v) is 3.10. The van der Waals surface area contributed by atoms with Gasteiger partial charge in [0, 0.05) is 17.5 Å². The first-order valence-corrected chi connectivity index (χ1v) is 8.47. The lowest BCUT2D eigenvalue weighted by atomic mass is 10.1. The Morgan fingerprint density at radius 3 is 2.78 bits per heavy atom. The highest BCUT2D eigenvalue weighted by Gasteiger charge is 2.22. The van der Waals surface area contributed by atoms with E-state index in [2.05, 4.69) is 10.1 Å². The molecule has 4 aromatic rings. The van der Waals surface area contributed by atoms with Gasteiger partial charge in [-0.25, -0.2) is 0 Å². The molecule has 7 nitrogen and oxygen atoms in total. The van der Waals surface area contributed by atoms with Crippen LogP contribution in [-0.2, 0) is 6.54 Å². The van der Waals surface area contributed by atoms with Crippen molar-refractivity contribution in [3.05, 3.63) is 58.9 Å². The molecule has 7 heteroatoms. The van der Waals surface area contributed by atoms with Crippen molar-refractivity contribution >= 4 is 10.9 Å². The van der Waals surface area contributed by atoms with Crippen LogP contribution < -0.4 is 10.3 Å². The van der Waals surface area contributed by atoms with Crippen LogP contribution in [0.1, 0.15) is 6.92 Å². The molecule has 0 radical (unpaired) electrons. The third-order valence-electron chi connectivity index (χ3n) is 4.43. The van der Waals surface area contributed by atoms with Gasteiger partial charge in [0.15, 0.2) is 0 Å². The van der Waals surface area contributed by atoms with Gasteiger partial charge in [0.2, 0.25) is 5.82 Å². The molecule has 4 rings (SSSR count). The molecule has 0 saturated heterocycles. The van der Waals surface area contributed by atoms with E-state index in [0.29, 0.717) is 34.6 Å². The number of ether oxygens (including phenoxy) is 1. The van der Waals surface area contributed by atoms with Crippen molar-refractivity contribution < 1.29 is 14.4 Å². The normalized spacial score (nSPS) is 11.0. The van der Waals surface area contributed by atoms with Crippen LogP contribution in [0, 0.1) is 0 Å². The lowest BCUT2D eigenvalue weighted by Gasteiger charge is -2.11. The van der Waals surface area contributed by atoms with E-state index >= 15 is 0 Å². The molecule has 0 atom stereocenters. The van der Waals surface area contributed by atoms with E-state index in [1.165, 1.54) is 0 Å². The molecular formula is C20H17N3O4. The highest BCUT2D eigenvalue weighted by molar-refractivity contribution is 5.91. The number of para-hydroxylation sites is 1. The molecule has 2 heterocycles. The van der Waals surface area contributed by atoms with Crippen LogP contribution >= 0.6 is 0 Å². The maximum atomic E-state index is 12.9. The Morgan fingerprint density at radius 2 is 2.00 bits per heavy atom. The van der Waals surface area contributed by atoms with Crippen molar-refractivity contribution in [2.45, 2.75) is 13.5 Å². The topological polar surface area (TPSA) is 90.4 Å². The van der Waals surface area contributed by atoms with Crippen LogP contribution in [0.25, 0.3) is 33.7 Å². The Balaban J connectivity index is 1.91. The third kappa shape index (κ3) is 2.73. The second kappa shape index (κ2) is 6.60. The summed E-state index contributed by atoms with van der Waals surface area (Å²) in [6.07, 6.45) is 0. The van der Waals surface area contributed by atoms with Crippen molar-refractivity contribution in [3.63, 3.8) is 0 Å². The fraction of sp³-hybridized carbons (Fsp3) is 0.150. The highest BCUT2D eigenvalue weighted by Crippen LogP contribution is 2.33. The first-order chi connectivity index (χ1) is 13.1. The molecule has 0 amide bonds. The van der Waals surface area contributed by atoms with Gasteiger partial charge in [0.05, 0.1) is 12.6 Å². The van der Waals surface area contributed by atoms with Gasteiger partial charge >= 0.3 is 0 Å². The van der Waals surface area contributed by atoms with E-state index in [1.54, 1.807) is 42.0 Å². The highest BCUT2D eigenvalue weighted by atomic mass is 16.5. The number of aromatic nitrogens is 3. The molecule has 2 aromatic carbocycles. The fourth-order valence-electron chi connectivity index (χ4n) is 3.10. The summed E-state index contributed by atoms with van der Waals surface area (Å²) in [5.41, 5.74) is 0.950. The molecule has 0 aliphatic carbocycles. The predicted octanol–water partition coefficient (Wildman–Crippen LogP) is 3.45. The van der Waals surface area contributed by atoms with Crippen LogP contribution in [0.5, 0.6) is 11.5 Å². The molecule has 0 bridgehead atoms. The molecule has 0 aliphatic heterocycles. The van der Waals surface area contributed by atoms with Crippen LogP contribution in [-0.4, -0.2) is 26.9 Å². The van der Waals surface area contributed by atoms with E-state index in [4.69, 9.17) is 9.26 Å². The monoisotopic (exact) mass is 363 g/mol. The van der Waals surface area contributed by atoms with E-state index < -0.39 is 0 Å². The lowest BCUT2D eigenvalue weighted by molar-refractivity contribution is 0.414. The molecule has 2 aromatic heterocycles. The first kappa shape index (κ1) is 16.8. The number of methoxy groups -OCH3 is 1. The zero-order chi connectivity index (χ0) is 19.0.